The van der Waals surface area contributed by atoms with Gasteiger partial charge in [0.25, 0.3) is 5.89 Å². The monoisotopic (exact) mass is 258 g/mol. The molecule has 7 heteroatoms. The molecule has 0 saturated carbocycles. The molecule has 0 saturated heterocycles. The minimum atomic E-state index is -4.43. The normalized spacial score (nSPS) is 11.6. The number of halogens is 3. The van der Waals surface area contributed by atoms with Gasteiger partial charge < -0.3 is 9.15 Å². The predicted molar refractivity (Wildman–Crippen MR) is 56.0 cm³/mol. The number of hydrogen-bond donors (Lipinski definition) is 0. The van der Waals surface area contributed by atoms with Gasteiger partial charge in [0.2, 0.25) is 5.89 Å². The van der Waals surface area contributed by atoms with Crippen molar-refractivity contribution in [2.24, 2.45) is 0 Å². The summed E-state index contributed by atoms with van der Waals surface area (Å²) in [5, 5.41) is 7.26. The summed E-state index contributed by atoms with van der Waals surface area (Å²) in [5.74, 6) is 0.506. The van der Waals surface area contributed by atoms with E-state index in [1.54, 1.807) is 6.92 Å². The van der Waals surface area contributed by atoms with Crippen LogP contribution in [0.5, 0.6) is 5.75 Å². The predicted octanol–water partition coefficient (Wildman–Crippen LogP) is 3.07. The number of alkyl halides is 3. The zero-order valence-electron chi connectivity index (χ0n) is 9.58. The maximum Gasteiger partial charge on any atom is 0.416 e. The molecule has 0 aliphatic rings. The SMILES string of the molecule is COc1ccc(C(F)(F)F)cc1-c1nnc(C)o1. The summed E-state index contributed by atoms with van der Waals surface area (Å²) < 4.78 is 47.9. The molecule has 18 heavy (non-hydrogen) atoms. The summed E-state index contributed by atoms with van der Waals surface area (Å²) in [6.07, 6.45) is -4.43. The van der Waals surface area contributed by atoms with Crippen LogP contribution in [0.3, 0.4) is 0 Å². The van der Waals surface area contributed by atoms with Gasteiger partial charge in [0, 0.05) is 6.92 Å². The quantitative estimate of drug-likeness (QED) is 0.830. The topological polar surface area (TPSA) is 48.2 Å². The number of hydrogen-bond acceptors (Lipinski definition) is 4. The molecule has 0 atom stereocenters. The molecule has 4 nitrogen and oxygen atoms in total. The molecule has 0 aliphatic heterocycles. The van der Waals surface area contributed by atoms with Crippen LogP contribution >= 0.6 is 0 Å². The van der Waals surface area contributed by atoms with E-state index in [9.17, 15) is 13.2 Å². The van der Waals surface area contributed by atoms with Gasteiger partial charge in [0.05, 0.1) is 18.2 Å². The fraction of sp³-hybridized carbons (Fsp3) is 0.273. The lowest BCUT2D eigenvalue weighted by Gasteiger charge is -2.10. The van der Waals surface area contributed by atoms with Crippen LogP contribution in [-0.2, 0) is 6.18 Å². The average Bonchev–Trinajstić information content (AvgIpc) is 2.73. The van der Waals surface area contributed by atoms with Crippen molar-refractivity contribution in [1.29, 1.82) is 0 Å². The van der Waals surface area contributed by atoms with Gasteiger partial charge in [0.15, 0.2) is 0 Å². The van der Waals surface area contributed by atoms with E-state index in [2.05, 4.69) is 10.2 Å². The van der Waals surface area contributed by atoms with Crippen molar-refractivity contribution in [3.8, 4) is 17.2 Å². The molecule has 2 aromatic rings. The first kappa shape index (κ1) is 12.4. The van der Waals surface area contributed by atoms with E-state index in [4.69, 9.17) is 9.15 Å². The average molecular weight is 258 g/mol. The van der Waals surface area contributed by atoms with Crippen molar-refractivity contribution >= 4 is 0 Å². The van der Waals surface area contributed by atoms with Crippen LogP contribution in [0.1, 0.15) is 11.5 Å². The highest BCUT2D eigenvalue weighted by Gasteiger charge is 2.31. The summed E-state index contributed by atoms with van der Waals surface area (Å²) in [5.41, 5.74) is -0.679. The Morgan fingerprint density at radius 3 is 2.44 bits per heavy atom. The third kappa shape index (κ3) is 2.29. The second kappa shape index (κ2) is 4.32. The maximum absolute atomic E-state index is 12.6. The lowest BCUT2D eigenvalue weighted by atomic mass is 10.1. The Balaban J connectivity index is 2.56. The molecule has 96 valence electrons. The molecular weight excluding hydrogens is 249 g/mol. The molecule has 0 amide bonds. The molecule has 0 radical (unpaired) electrons. The molecule has 1 aromatic heterocycles. The van der Waals surface area contributed by atoms with E-state index < -0.39 is 11.7 Å². The number of methoxy groups -OCH3 is 1. The Morgan fingerprint density at radius 1 is 1.22 bits per heavy atom. The highest BCUT2D eigenvalue weighted by atomic mass is 19.4. The minimum Gasteiger partial charge on any atom is -0.496 e. The van der Waals surface area contributed by atoms with Gasteiger partial charge in [-0.15, -0.1) is 10.2 Å². The summed E-state index contributed by atoms with van der Waals surface area (Å²) in [6.45, 7) is 1.55. The molecule has 0 bridgehead atoms. The van der Waals surface area contributed by atoms with Gasteiger partial charge in [0.1, 0.15) is 5.75 Å². The first-order valence-corrected chi connectivity index (χ1v) is 4.97. The number of aryl methyl sites for hydroxylation is 1. The second-order valence-corrected chi connectivity index (χ2v) is 3.54. The van der Waals surface area contributed by atoms with Crippen LogP contribution in [0.25, 0.3) is 11.5 Å². The highest BCUT2D eigenvalue weighted by molar-refractivity contribution is 5.63. The maximum atomic E-state index is 12.6. The summed E-state index contributed by atoms with van der Waals surface area (Å²) >= 11 is 0. The van der Waals surface area contributed by atoms with Crippen molar-refractivity contribution in [3.63, 3.8) is 0 Å². The molecule has 1 heterocycles. The van der Waals surface area contributed by atoms with Crippen molar-refractivity contribution in [2.45, 2.75) is 13.1 Å². The van der Waals surface area contributed by atoms with Crippen LogP contribution in [-0.4, -0.2) is 17.3 Å². The third-order valence-electron chi connectivity index (χ3n) is 2.28. The number of aromatic nitrogens is 2. The number of nitrogens with zero attached hydrogens (tertiary/aromatic N) is 2. The number of benzene rings is 1. The second-order valence-electron chi connectivity index (χ2n) is 3.54. The lowest BCUT2D eigenvalue weighted by molar-refractivity contribution is -0.137. The summed E-state index contributed by atoms with van der Waals surface area (Å²) in [7, 11) is 1.36. The van der Waals surface area contributed by atoms with E-state index in [1.165, 1.54) is 13.2 Å². The van der Waals surface area contributed by atoms with E-state index in [0.29, 0.717) is 0 Å². The zero-order valence-corrected chi connectivity index (χ0v) is 9.58. The van der Waals surface area contributed by atoms with Gasteiger partial charge in [-0.3, -0.25) is 0 Å². The molecular formula is C11H9F3N2O2. The third-order valence-corrected chi connectivity index (χ3v) is 2.28. The highest BCUT2D eigenvalue weighted by Crippen LogP contribution is 2.36. The zero-order chi connectivity index (χ0) is 13.3. The lowest BCUT2D eigenvalue weighted by Crippen LogP contribution is -2.05. The van der Waals surface area contributed by atoms with Gasteiger partial charge in [-0.2, -0.15) is 13.2 Å². The number of ether oxygens (including phenoxy) is 1. The van der Waals surface area contributed by atoms with Crippen LogP contribution < -0.4 is 4.74 Å². The van der Waals surface area contributed by atoms with E-state index in [-0.39, 0.29) is 23.1 Å². The van der Waals surface area contributed by atoms with Gasteiger partial charge in [-0.05, 0) is 18.2 Å². The minimum absolute atomic E-state index is 0.00421. The Labute approximate surface area is 100 Å². The molecule has 0 aliphatic carbocycles. The van der Waals surface area contributed by atoms with Crippen molar-refractivity contribution in [1.82, 2.24) is 10.2 Å². The Hall–Kier alpha value is -2.05. The van der Waals surface area contributed by atoms with Gasteiger partial charge >= 0.3 is 6.18 Å². The van der Waals surface area contributed by atoms with E-state index in [1.807, 2.05) is 0 Å². The molecule has 0 spiro atoms. The van der Waals surface area contributed by atoms with E-state index >= 15 is 0 Å². The Kier molecular flexibility index (Phi) is 2.98. The summed E-state index contributed by atoms with van der Waals surface area (Å²) in [4.78, 5) is 0. The fourth-order valence-electron chi connectivity index (χ4n) is 1.46. The Morgan fingerprint density at radius 2 is 1.94 bits per heavy atom. The molecule has 1 aromatic carbocycles. The van der Waals surface area contributed by atoms with Crippen LogP contribution in [0.2, 0.25) is 0 Å². The fourth-order valence-corrected chi connectivity index (χ4v) is 1.46. The summed E-state index contributed by atoms with van der Waals surface area (Å²) in [6, 6.07) is 3.08. The van der Waals surface area contributed by atoms with Gasteiger partial charge in [-0.25, -0.2) is 0 Å². The molecule has 2 rings (SSSR count). The van der Waals surface area contributed by atoms with Crippen molar-refractivity contribution in [2.75, 3.05) is 7.11 Å². The van der Waals surface area contributed by atoms with Crippen LogP contribution in [0.4, 0.5) is 13.2 Å². The standard InChI is InChI=1S/C11H9F3N2O2/c1-6-15-16-10(18-6)8-5-7(11(12,13)14)3-4-9(8)17-2/h3-5H,1-2H3. The van der Waals surface area contributed by atoms with E-state index in [0.717, 1.165) is 12.1 Å². The van der Waals surface area contributed by atoms with Gasteiger partial charge in [-0.1, -0.05) is 0 Å². The largest absolute Gasteiger partial charge is 0.496 e. The molecule has 0 fully saturated rings. The smallest absolute Gasteiger partial charge is 0.416 e. The molecule has 0 unspecified atom stereocenters. The number of rotatable bonds is 2. The van der Waals surface area contributed by atoms with Crippen molar-refractivity contribution < 1.29 is 22.3 Å². The van der Waals surface area contributed by atoms with Crippen LogP contribution in [0.15, 0.2) is 22.6 Å². The Bertz CT molecular complexity index is 564. The van der Waals surface area contributed by atoms with Crippen molar-refractivity contribution in [3.05, 3.63) is 29.7 Å². The molecule has 0 N–H and O–H groups in total. The first-order chi connectivity index (χ1) is 8.41. The van der Waals surface area contributed by atoms with Crippen LogP contribution in [0, 0.1) is 6.92 Å². The first-order valence-electron chi connectivity index (χ1n) is 4.97.